The summed E-state index contributed by atoms with van der Waals surface area (Å²) in [7, 11) is 0. The summed E-state index contributed by atoms with van der Waals surface area (Å²) < 4.78 is 5.81. The summed E-state index contributed by atoms with van der Waals surface area (Å²) in [5.41, 5.74) is 2.30. The molecule has 1 fully saturated rings. The van der Waals surface area contributed by atoms with Gasteiger partial charge in [-0.2, -0.15) is 0 Å². The van der Waals surface area contributed by atoms with Crippen molar-refractivity contribution in [1.82, 2.24) is 4.90 Å². The third-order valence-electron chi connectivity index (χ3n) is 4.57. The van der Waals surface area contributed by atoms with E-state index in [0.29, 0.717) is 25.2 Å². The molecule has 0 saturated carbocycles. The Morgan fingerprint density at radius 3 is 2.57 bits per heavy atom. The Morgan fingerprint density at radius 2 is 1.90 bits per heavy atom. The van der Waals surface area contributed by atoms with Crippen molar-refractivity contribution in [3.63, 3.8) is 0 Å². The average molecular weight is 291 g/mol. The van der Waals surface area contributed by atoms with Gasteiger partial charge in [-0.3, -0.25) is 4.90 Å². The van der Waals surface area contributed by atoms with E-state index in [-0.39, 0.29) is 0 Å². The molecule has 3 atom stereocenters. The summed E-state index contributed by atoms with van der Waals surface area (Å²) in [4.78, 5) is 2.42. The molecule has 3 heteroatoms. The molecular weight excluding hydrogens is 262 g/mol. The van der Waals surface area contributed by atoms with E-state index < -0.39 is 6.10 Å². The lowest BCUT2D eigenvalue weighted by molar-refractivity contribution is 0.0207. The van der Waals surface area contributed by atoms with E-state index in [1.165, 1.54) is 24.8 Å². The first-order chi connectivity index (χ1) is 9.97. The van der Waals surface area contributed by atoms with Crippen LogP contribution in [0.25, 0.3) is 0 Å². The summed E-state index contributed by atoms with van der Waals surface area (Å²) in [6.07, 6.45) is 3.32. The van der Waals surface area contributed by atoms with Crippen LogP contribution in [0.4, 0.5) is 0 Å². The number of hydrogen-bond donors (Lipinski definition) is 1. The first kappa shape index (κ1) is 16.3. The second-order valence-corrected chi connectivity index (χ2v) is 6.56. The van der Waals surface area contributed by atoms with Crippen molar-refractivity contribution in [3.05, 3.63) is 29.3 Å². The van der Waals surface area contributed by atoms with Crippen LogP contribution in [0.2, 0.25) is 0 Å². The number of benzene rings is 1. The highest BCUT2D eigenvalue weighted by Crippen LogP contribution is 2.23. The summed E-state index contributed by atoms with van der Waals surface area (Å²) in [5, 5.41) is 10.3. The molecule has 0 bridgehead atoms. The monoisotopic (exact) mass is 291 g/mol. The predicted molar refractivity (Wildman–Crippen MR) is 86.9 cm³/mol. The van der Waals surface area contributed by atoms with Gasteiger partial charge in [0, 0.05) is 18.6 Å². The number of aliphatic hydroxyl groups excluding tert-OH is 1. The molecule has 21 heavy (non-hydrogen) atoms. The van der Waals surface area contributed by atoms with Gasteiger partial charge in [0.25, 0.3) is 0 Å². The number of hydrogen-bond acceptors (Lipinski definition) is 3. The molecule has 1 aromatic carbocycles. The van der Waals surface area contributed by atoms with Crippen molar-refractivity contribution in [2.45, 2.75) is 65.1 Å². The van der Waals surface area contributed by atoms with Gasteiger partial charge in [0.05, 0.1) is 0 Å². The van der Waals surface area contributed by atoms with Crippen LogP contribution < -0.4 is 4.74 Å². The number of β-amino-alcohol motifs (C(OH)–C–C–N with tert-alkyl or cyclic N) is 1. The maximum Gasteiger partial charge on any atom is 0.122 e. The van der Waals surface area contributed by atoms with Crippen molar-refractivity contribution in [2.24, 2.45) is 0 Å². The maximum absolute atomic E-state index is 10.3. The highest BCUT2D eigenvalue weighted by molar-refractivity contribution is 5.35. The molecule has 1 N–H and O–H groups in total. The fraction of sp³-hybridized carbons (Fsp3) is 0.667. The molecule has 1 aromatic rings. The van der Waals surface area contributed by atoms with E-state index in [0.717, 1.165) is 11.3 Å². The first-order valence-electron chi connectivity index (χ1n) is 8.11. The van der Waals surface area contributed by atoms with Gasteiger partial charge in [-0.15, -0.1) is 0 Å². The molecule has 0 aromatic heterocycles. The summed E-state index contributed by atoms with van der Waals surface area (Å²) in [5.74, 6) is 0.883. The second kappa shape index (κ2) is 7.28. The Morgan fingerprint density at radius 1 is 1.24 bits per heavy atom. The Labute approximate surface area is 128 Å². The van der Waals surface area contributed by atoms with Crippen LogP contribution in [0.15, 0.2) is 18.2 Å². The van der Waals surface area contributed by atoms with Crippen molar-refractivity contribution in [3.8, 4) is 5.75 Å². The molecule has 1 aliphatic heterocycles. The zero-order valence-electron chi connectivity index (χ0n) is 13.8. The Bertz CT molecular complexity index is 451. The van der Waals surface area contributed by atoms with Crippen LogP contribution >= 0.6 is 0 Å². The van der Waals surface area contributed by atoms with E-state index in [2.05, 4.69) is 37.8 Å². The zero-order valence-corrected chi connectivity index (χ0v) is 13.8. The molecule has 1 heterocycles. The van der Waals surface area contributed by atoms with E-state index >= 15 is 0 Å². The smallest absolute Gasteiger partial charge is 0.122 e. The summed E-state index contributed by atoms with van der Waals surface area (Å²) >= 11 is 0. The lowest BCUT2D eigenvalue weighted by Crippen LogP contribution is -2.48. The maximum atomic E-state index is 10.3. The van der Waals surface area contributed by atoms with Crippen molar-refractivity contribution in [1.29, 1.82) is 0 Å². The lowest BCUT2D eigenvalue weighted by Gasteiger charge is -2.40. The fourth-order valence-corrected chi connectivity index (χ4v) is 3.18. The number of ether oxygens (including phenoxy) is 1. The van der Waals surface area contributed by atoms with Crippen molar-refractivity contribution in [2.75, 3.05) is 13.2 Å². The number of piperidine rings is 1. The topological polar surface area (TPSA) is 32.7 Å². The third-order valence-corrected chi connectivity index (χ3v) is 4.57. The van der Waals surface area contributed by atoms with Crippen LogP contribution in [-0.2, 0) is 0 Å². The quantitative estimate of drug-likeness (QED) is 0.903. The van der Waals surface area contributed by atoms with Gasteiger partial charge in [-0.05, 0) is 57.7 Å². The Hall–Kier alpha value is -1.06. The van der Waals surface area contributed by atoms with Crippen LogP contribution in [0.3, 0.4) is 0 Å². The minimum absolute atomic E-state index is 0.361. The van der Waals surface area contributed by atoms with Crippen LogP contribution in [0, 0.1) is 13.8 Å². The Balaban J connectivity index is 1.86. The van der Waals surface area contributed by atoms with Crippen LogP contribution in [0.5, 0.6) is 5.75 Å². The normalized spacial score (nSPS) is 24.8. The molecule has 118 valence electrons. The van der Waals surface area contributed by atoms with Gasteiger partial charge in [0.15, 0.2) is 0 Å². The number of rotatable bonds is 5. The van der Waals surface area contributed by atoms with Gasteiger partial charge in [-0.1, -0.05) is 18.6 Å². The highest BCUT2D eigenvalue weighted by Gasteiger charge is 2.26. The number of likely N-dealkylation sites (tertiary alicyclic amines) is 1. The van der Waals surface area contributed by atoms with E-state index in [1.54, 1.807) is 0 Å². The molecular formula is C18H29NO2. The van der Waals surface area contributed by atoms with E-state index in [9.17, 15) is 5.11 Å². The molecule has 3 nitrogen and oxygen atoms in total. The van der Waals surface area contributed by atoms with E-state index in [4.69, 9.17) is 4.74 Å². The predicted octanol–water partition coefficient (Wildman–Crippen LogP) is 3.31. The minimum Gasteiger partial charge on any atom is -0.491 e. The summed E-state index contributed by atoms with van der Waals surface area (Å²) in [6, 6.07) is 7.30. The lowest BCUT2D eigenvalue weighted by atomic mass is 9.97. The van der Waals surface area contributed by atoms with Gasteiger partial charge >= 0.3 is 0 Å². The molecule has 0 spiro atoms. The average Bonchev–Trinajstić information content (AvgIpc) is 2.44. The van der Waals surface area contributed by atoms with Gasteiger partial charge in [0.2, 0.25) is 0 Å². The largest absolute Gasteiger partial charge is 0.491 e. The molecule has 1 saturated heterocycles. The second-order valence-electron chi connectivity index (χ2n) is 6.56. The molecule has 0 aliphatic carbocycles. The Kier molecular flexibility index (Phi) is 5.65. The van der Waals surface area contributed by atoms with E-state index in [1.807, 2.05) is 13.0 Å². The highest BCUT2D eigenvalue weighted by atomic mass is 16.5. The van der Waals surface area contributed by atoms with Gasteiger partial charge < -0.3 is 9.84 Å². The van der Waals surface area contributed by atoms with Crippen LogP contribution in [-0.4, -0.2) is 41.3 Å². The number of aryl methyl sites for hydroxylation is 2. The minimum atomic E-state index is -0.437. The van der Waals surface area contributed by atoms with Crippen molar-refractivity contribution >= 4 is 0 Å². The first-order valence-corrected chi connectivity index (χ1v) is 8.11. The number of nitrogens with zero attached hydrogens (tertiary/aromatic N) is 1. The zero-order chi connectivity index (χ0) is 15.4. The standard InChI is InChI=1S/C18H29NO2/c1-13-8-9-14(2)18(10-13)21-12-17(20)11-19-15(3)6-5-7-16(19)4/h8-10,15-17,20H,5-7,11-12H2,1-4H3/t15-,16+,17-/m1/s1. The molecule has 0 radical (unpaired) electrons. The van der Waals surface area contributed by atoms with Gasteiger partial charge in [-0.25, -0.2) is 0 Å². The van der Waals surface area contributed by atoms with Crippen LogP contribution in [0.1, 0.15) is 44.2 Å². The molecule has 2 rings (SSSR count). The number of aliphatic hydroxyl groups is 1. The molecule has 0 amide bonds. The SMILES string of the molecule is Cc1ccc(C)c(OC[C@H](O)CN2[C@H](C)CCC[C@@H]2C)c1. The fourth-order valence-electron chi connectivity index (χ4n) is 3.18. The van der Waals surface area contributed by atoms with Gasteiger partial charge in [0.1, 0.15) is 18.5 Å². The molecule has 0 unspecified atom stereocenters. The van der Waals surface area contributed by atoms with Crippen molar-refractivity contribution < 1.29 is 9.84 Å². The summed E-state index contributed by atoms with van der Waals surface area (Å²) in [6.45, 7) is 9.67. The molecule has 1 aliphatic rings. The third kappa shape index (κ3) is 4.45.